The third-order valence-electron chi connectivity index (χ3n) is 3.85. The molecule has 2 rings (SSSR count). The van der Waals surface area contributed by atoms with E-state index in [1.807, 2.05) is 13.8 Å². The van der Waals surface area contributed by atoms with Crippen molar-refractivity contribution in [1.29, 1.82) is 0 Å². The molecule has 1 amide bonds. The van der Waals surface area contributed by atoms with Crippen molar-refractivity contribution in [3.63, 3.8) is 0 Å². The van der Waals surface area contributed by atoms with Gasteiger partial charge in [-0.25, -0.2) is 0 Å². The Hall–Kier alpha value is -1.47. The maximum Gasteiger partial charge on any atom is 0.243 e. The van der Waals surface area contributed by atoms with Crippen molar-refractivity contribution in [2.24, 2.45) is 0 Å². The molecule has 0 aliphatic carbocycles. The lowest BCUT2D eigenvalue weighted by Crippen LogP contribution is -2.50. The number of aryl methyl sites for hydroxylation is 1. The SMILES string of the molecule is CCNC(=O)CN1CCN(C(C)c2nc(CC)no2)CC1. The van der Waals surface area contributed by atoms with Crippen LogP contribution in [0.5, 0.6) is 0 Å². The largest absolute Gasteiger partial charge is 0.355 e. The van der Waals surface area contributed by atoms with Crippen LogP contribution in [0.25, 0.3) is 0 Å². The summed E-state index contributed by atoms with van der Waals surface area (Å²) in [4.78, 5) is 20.5. The minimum atomic E-state index is 0.100. The van der Waals surface area contributed by atoms with Gasteiger partial charge < -0.3 is 9.84 Å². The Morgan fingerprint density at radius 3 is 2.62 bits per heavy atom. The van der Waals surface area contributed by atoms with Gasteiger partial charge in [-0.2, -0.15) is 4.98 Å². The molecule has 0 aromatic carbocycles. The predicted molar refractivity (Wildman–Crippen MR) is 78.8 cm³/mol. The quantitative estimate of drug-likeness (QED) is 0.821. The second-order valence-electron chi connectivity index (χ2n) is 5.34. The summed E-state index contributed by atoms with van der Waals surface area (Å²) in [6, 6.07) is 0.129. The van der Waals surface area contributed by atoms with Crippen LogP contribution in [0, 0.1) is 0 Å². The molecule has 2 heterocycles. The molecule has 0 radical (unpaired) electrons. The van der Waals surface area contributed by atoms with E-state index in [2.05, 4.69) is 32.2 Å². The minimum absolute atomic E-state index is 0.100. The van der Waals surface area contributed by atoms with Crippen LogP contribution in [0.15, 0.2) is 4.52 Å². The van der Waals surface area contributed by atoms with E-state index in [1.165, 1.54) is 0 Å². The van der Waals surface area contributed by atoms with Gasteiger partial charge in [-0.15, -0.1) is 0 Å². The van der Waals surface area contributed by atoms with Crippen LogP contribution >= 0.6 is 0 Å². The van der Waals surface area contributed by atoms with Crippen molar-refractivity contribution >= 4 is 5.91 Å². The zero-order valence-electron chi connectivity index (χ0n) is 13.1. The molecule has 7 heteroatoms. The van der Waals surface area contributed by atoms with Crippen molar-refractivity contribution in [3.8, 4) is 0 Å². The second kappa shape index (κ2) is 7.51. The van der Waals surface area contributed by atoms with Crippen LogP contribution in [0.2, 0.25) is 0 Å². The molecule has 1 aromatic rings. The number of likely N-dealkylation sites (N-methyl/N-ethyl adjacent to an activating group) is 1. The molecule has 1 saturated heterocycles. The molecule has 0 spiro atoms. The average molecular weight is 295 g/mol. The van der Waals surface area contributed by atoms with Crippen LogP contribution in [-0.2, 0) is 11.2 Å². The first kappa shape index (κ1) is 15.9. The molecule has 1 aromatic heterocycles. The van der Waals surface area contributed by atoms with Crippen molar-refractivity contribution in [2.75, 3.05) is 39.3 Å². The van der Waals surface area contributed by atoms with Crippen LogP contribution in [0.1, 0.15) is 38.5 Å². The molecule has 21 heavy (non-hydrogen) atoms. The molecular weight excluding hydrogens is 270 g/mol. The fraction of sp³-hybridized carbons (Fsp3) is 0.786. The normalized spacial score (nSPS) is 18.6. The van der Waals surface area contributed by atoms with Crippen LogP contribution < -0.4 is 5.32 Å². The molecule has 118 valence electrons. The van der Waals surface area contributed by atoms with E-state index in [9.17, 15) is 4.79 Å². The summed E-state index contributed by atoms with van der Waals surface area (Å²) in [5, 5.41) is 6.78. The lowest BCUT2D eigenvalue weighted by atomic mass is 10.2. The Kier molecular flexibility index (Phi) is 5.69. The number of nitrogens with zero attached hydrogens (tertiary/aromatic N) is 4. The first-order valence-corrected chi connectivity index (χ1v) is 7.69. The highest BCUT2D eigenvalue weighted by atomic mass is 16.5. The molecule has 0 saturated carbocycles. The highest BCUT2D eigenvalue weighted by Gasteiger charge is 2.26. The van der Waals surface area contributed by atoms with E-state index in [1.54, 1.807) is 0 Å². The molecule has 1 atom stereocenters. The topological polar surface area (TPSA) is 74.5 Å². The van der Waals surface area contributed by atoms with E-state index in [0.717, 1.165) is 38.4 Å². The third kappa shape index (κ3) is 4.25. The van der Waals surface area contributed by atoms with Gasteiger partial charge in [0.05, 0.1) is 12.6 Å². The van der Waals surface area contributed by atoms with Gasteiger partial charge in [0.25, 0.3) is 0 Å². The third-order valence-corrected chi connectivity index (χ3v) is 3.85. The van der Waals surface area contributed by atoms with Crippen LogP contribution in [-0.4, -0.2) is 65.1 Å². The Balaban J connectivity index is 1.81. The lowest BCUT2D eigenvalue weighted by Gasteiger charge is -2.36. The van der Waals surface area contributed by atoms with E-state index in [4.69, 9.17) is 4.52 Å². The highest BCUT2D eigenvalue weighted by molar-refractivity contribution is 5.77. The highest BCUT2D eigenvalue weighted by Crippen LogP contribution is 2.20. The summed E-state index contributed by atoms with van der Waals surface area (Å²) < 4.78 is 5.31. The van der Waals surface area contributed by atoms with Crippen LogP contribution in [0.3, 0.4) is 0 Å². The zero-order chi connectivity index (χ0) is 15.2. The molecule has 1 unspecified atom stereocenters. The monoisotopic (exact) mass is 295 g/mol. The van der Waals surface area contributed by atoms with Gasteiger partial charge in [-0.1, -0.05) is 12.1 Å². The maximum absolute atomic E-state index is 11.6. The summed E-state index contributed by atoms with van der Waals surface area (Å²) >= 11 is 0. The Morgan fingerprint density at radius 2 is 2.05 bits per heavy atom. The van der Waals surface area contributed by atoms with Gasteiger partial charge in [0.2, 0.25) is 11.8 Å². The lowest BCUT2D eigenvalue weighted by molar-refractivity contribution is -0.122. The molecular formula is C14H25N5O2. The Labute approximate surface area is 125 Å². The standard InChI is InChI=1S/C14H25N5O2/c1-4-12-16-14(21-17-12)11(3)19-8-6-18(7-9-19)10-13(20)15-5-2/h11H,4-10H2,1-3H3,(H,15,20). The number of piperazine rings is 1. The van der Waals surface area contributed by atoms with Gasteiger partial charge >= 0.3 is 0 Å². The number of carbonyl (C=O) groups is 1. The summed E-state index contributed by atoms with van der Waals surface area (Å²) in [5.41, 5.74) is 0. The number of hydrogen-bond donors (Lipinski definition) is 1. The number of amides is 1. The van der Waals surface area contributed by atoms with Gasteiger partial charge in [-0.3, -0.25) is 14.6 Å². The first-order valence-electron chi connectivity index (χ1n) is 7.69. The summed E-state index contributed by atoms with van der Waals surface area (Å²) in [7, 11) is 0. The Morgan fingerprint density at radius 1 is 1.33 bits per heavy atom. The molecule has 1 aliphatic rings. The molecule has 1 N–H and O–H groups in total. The fourth-order valence-electron chi connectivity index (χ4n) is 2.50. The van der Waals surface area contributed by atoms with Gasteiger partial charge in [0.15, 0.2) is 5.82 Å². The second-order valence-corrected chi connectivity index (χ2v) is 5.34. The Bertz CT molecular complexity index is 454. The van der Waals surface area contributed by atoms with Gasteiger partial charge in [0.1, 0.15) is 0 Å². The van der Waals surface area contributed by atoms with Crippen molar-refractivity contribution in [1.82, 2.24) is 25.3 Å². The van der Waals surface area contributed by atoms with Crippen molar-refractivity contribution in [2.45, 2.75) is 33.2 Å². The number of carbonyl (C=O) groups excluding carboxylic acids is 1. The van der Waals surface area contributed by atoms with Gasteiger partial charge in [0, 0.05) is 39.1 Å². The van der Waals surface area contributed by atoms with Crippen LogP contribution in [0.4, 0.5) is 0 Å². The molecule has 7 nitrogen and oxygen atoms in total. The number of hydrogen-bond acceptors (Lipinski definition) is 6. The summed E-state index contributed by atoms with van der Waals surface area (Å²) in [5.74, 6) is 1.54. The predicted octanol–water partition coefficient (Wildman–Crippen LogP) is 0.447. The fourth-order valence-corrected chi connectivity index (χ4v) is 2.50. The van der Waals surface area contributed by atoms with Gasteiger partial charge in [-0.05, 0) is 13.8 Å². The number of aromatic nitrogens is 2. The first-order chi connectivity index (χ1) is 10.1. The van der Waals surface area contributed by atoms with E-state index < -0.39 is 0 Å². The van der Waals surface area contributed by atoms with E-state index in [-0.39, 0.29) is 11.9 Å². The molecule has 0 bridgehead atoms. The molecule has 1 aliphatic heterocycles. The number of rotatable bonds is 6. The summed E-state index contributed by atoms with van der Waals surface area (Å²) in [6.45, 7) is 10.8. The zero-order valence-corrected chi connectivity index (χ0v) is 13.1. The summed E-state index contributed by atoms with van der Waals surface area (Å²) in [6.07, 6.45) is 0.788. The van der Waals surface area contributed by atoms with E-state index >= 15 is 0 Å². The van der Waals surface area contributed by atoms with Crippen molar-refractivity contribution < 1.29 is 9.32 Å². The molecule has 1 fully saturated rings. The van der Waals surface area contributed by atoms with Crippen molar-refractivity contribution in [3.05, 3.63) is 11.7 Å². The average Bonchev–Trinajstić information content (AvgIpc) is 2.96. The van der Waals surface area contributed by atoms with E-state index in [0.29, 0.717) is 19.0 Å². The smallest absolute Gasteiger partial charge is 0.243 e. The minimum Gasteiger partial charge on any atom is -0.355 e. The number of nitrogens with one attached hydrogen (secondary N) is 1. The maximum atomic E-state index is 11.6.